The second kappa shape index (κ2) is 6.74. The van der Waals surface area contributed by atoms with Crippen molar-refractivity contribution < 1.29 is 4.79 Å². The molecule has 1 amide bonds. The van der Waals surface area contributed by atoms with Crippen LogP contribution in [0.1, 0.15) is 22.8 Å². The van der Waals surface area contributed by atoms with Gasteiger partial charge in [0.05, 0.1) is 0 Å². The molecule has 0 aliphatic rings. The van der Waals surface area contributed by atoms with E-state index in [2.05, 4.69) is 5.32 Å². The summed E-state index contributed by atoms with van der Waals surface area (Å²) in [4.78, 5) is 11.7. The van der Waals surface area contributed by atoms with E-state index in [0.717, 1.165) is 5.56 Å². The van der Waals surface area contributed by atoms with Crippen LogP contribution in [0, 0.1) is 6.92 Å². The Balaban J connectivity index is 0.00000225. The predicted molar refractivity (Wildman–Crippen MR) is 69.4 cm³/mol. The molecule has 1 rings (SSSR count). The van der Waals surface area contributed by atoms with E-state index < -0.39 is 0 Å². The third-order valence-corrected chi connectivity index (χ3v) is 2.25. The lowest BCUT2D eigenvalue weighted by molar-refractivity contribution is 0.0941. The molecule has 0 aliphatic heterocycles. The molecule has 5 heteroatoms. The van der Waals surface area contributed by atoms with Crippen molar-refractivity contribution in [2.75, 3.05) is 6.54 Å². The molecule has 1 aromatic carbocycles. The molecule has 3 N–H and O–H groups in total. The van der Waals surface area contributed by atoms with Crippen molar-refractivity contribution >= 4 is 29.9 Å². The number of nitrogens with two attached hydrogens (primary N) is 1. The third-order valence-electron chi connectivity index (χ3n) is 2.04. The van der Waals surface area contributed by atoms with Gasteiger partial charge < -0.3 is 11.1 Å². The lowest BCUT2D eigenvalue weighted by atomic mass is 10.1. The maximum atomic E-state index is 11.7. The van der Waals surface area contributed by atoms with Crippen LogP contribution < -0.4 is 11.1 Å². The molecule has 0 radical (unpaired) electrons. The lowest BCUT2D eigenvalue weighted by Crippen LogP contribution is -2.37. The maximum Gasteiger partial charge on any atom is 0.251 e. The summed E-state index contributed by atoms with van der Waals surface area (Å²) in [5, 5.41) is 3.35. The minimum absolute atomic E-state index is 0. The fraction of sp³-hybridized carbons (Fsp3) is 0.364. The van der Waals surface area contributed by atoms with E-state index in [-0.39, 0.29) is 24.4 Å². The number of halogens is 2. The van der Waals surface area contributed by atoms with E-state index in [4.69, 9.17) is 17.3 Å². The summed E-state index contributed by atoms with van der Waals surface area (Å²) in [5.41, 5.74) is 6.95. The van der Waals surface area contributed by atoms with Gasteiger partial charge in [0, 0.05) is 23.2 Å². The van der Waals surface area contributed by atoms with Gasteiger partial charge in [0.15, 0.2) is 0 Å². The van der Waals surface area contributed by atoms with Gasteiger partial charge in [0.25, 0.3) is 5.91 Å². The average molecular weight is 263 g/mol. The van der Waals surface area contributed by atoms with Crippen LogP contribution in [0.2, 0.25) is 5.02 Å². The zero-order valence-electron chi connectivity index (χ0n) is 9.29. The Morgan fingerprint density at radius 3 is 2.62 bits per heavy atom. The number of hydrogen-bond donors (Lipinski definition) is 2. The van der Waals surface area contributed by atoms with Gasteiger partial charge in [-0.2, -0.15) is 0 Å². The van der Waals surface area contributed by atoms with Crippen LogP contribution in [-0.2, 0) is 0 Å². The Labute approximate surface area is 107 Å². The van der Waals surface area contributed by atoms with Crippen molar-refractivity contribution in [3.8, 4) is 0 Å². The van der Waals surface area contributed by atoms with Crippen LogP contribution in [0.5, 0.6) is 0 Å². The zero-order chi connectivity index (χ0) is 11.4. The highest BCUT2D eigenvalue weighted by Crippen LogP contribution is 2.14. The highest BCUT2D eigenvalue weighted by Gasteiger charge is 2.09. The smallest absolute Gasteiger partial charge is 0.251 e. The Hall–Kier alpha value is -0.770. The molecular weight excluding hydrogens is 247 g/mol. The summed E-state index contributed by atoms with van der Waals surface area (Å²) in [5.74, 6) is -0.140. The molecule has 1 aromatic rings. The number of nitrogens with one attached hydrogen (secondary N) is 1. The monoisotopic (exact) mass is 262 g/mol. The van der Waals surface area contributed by atoms with Gasteiger partial charge in [-0.05, 0) is 37.6 Å². The Bertz CT molecular complexity index is 349. The molecule has 0 saturated heterocycles. The summed E-state index contributed by atoms with van der Waals surface area (Å²) in [6.07, 6.45) is 0. The van der Waals surface area contributed by atoms with Gasteiger partial charge in [-0.25, -0.2) is 0 Å². The molecule has 0 bridgehead atoms. The van der Waals surface area contributed by atoms with Crippen LogP contribution in [0.3, 0.4) is 0 Å². The molecule has 1 atom stereocenters. The Morgan fingerprint density at radius 1 is 1.50 bits per heavy atom. The molecule has 16 heavy (non-hydrogen) atoms. The van der Waals surface area contributed by atoms with E-state index in [1.807, 2.05) is 19.9 Å². The second-order valence-electron chi connectivity index (χ2n) is 3.63. The van der Waals surface area contributed by atoms with Gasteiger partial charge in [0.2, 0.25) is 0 Å². The Morgan fingerprint density at radius 2 is 2.12 bits per heavy atom. The molecule has 0 unspecified atom stereocenters. The van der Waals surface area contributed by atoms with Gasteiger partial charge in [-0.3, -0.25) is 4.79 Å². The van der Waals surface area contributed by atoms with Crippen molar-refractivity contribution in [1.29, 1.82) is 0 Å². The number of amides is 1. The first kappa shape index (κ1) is 15.2. The van der Waals surface area contributed by atoms with Crippen LogP contribution in [0.4, 0.5) is 0 Å². The minimum Gasteiger partial charge on any atom is -0.348 e. The standard InChI is InChI=1S/C11H15ClN2O.ClH/c1-7-3-9(5-10(12)4-7)11(15)14-8(2)6-13;/h3-5,8H,6,13H2,1-2H3,(H,14,15);1H/t8-;/m1./s1. The molecular formula is C11H16Cl2N2O. The van der Waals surface area contributed by atoms with E-state index in [1.54, 1.807) is 12.1 Å². The summed E-state index contributed by atoms with van der Waals surface area (Å²) >= 11 is 5.86. The van der Waals surface area contributed by atoms with Gasteiger partial charge in [-0.15, -0.1) is 12.4 Å². The van der Waals surface area contributed by atoms with Crippen molar-refractivity contribution in [2.24, 2.45) is 5.73 Å². The highest BCUT2D eigenvalue weighted by molar-refractivity contribution is 6.31. The largest absolute Gasteiger partial charge is 0.348 e. The second-order valence-corrected chi connectivity index (χ2v) is 4.06. The summed E-state index contributed by atoms with van der Waals surface area (Å²) in [7, 11) is 0. The Kier molecular flexibility index (Phi) is 6.41. The summed E-state index contributed by atoms with van der Waals surface area (Å²) in [6, 6.07) is 5.22. The first-order valence-corrected chi connectivity index (χ1v) is 5.19. The van der Waals surface area contributed by atoms with Crippen molar-refractivity contribution in [3.63, 3.8) is 0 Å². The van der Waals surface area contributed by atoms with Gasteiger partial charge >= 0.3 is 0 Å². The van der Waals surface area contributed by atoms with Crippen LogP contribution in [-0.4, -0.2) is 18.5 Å². The van der Waals surface area contributed by atoms with Crippen LogP contribution >= 0.6 is 24.0 Å². The van der Waals surface area contributed by atoms with Crippen molar-refractivity contribution in [3.05, 3.63) is 34.3 Å². The van der Waals surface area contributed by atoms with Crippen LogP contribution in [0.15, 0.2) is 18.2 Å². The summed E-state index contributed by atoms with van der Waals surface area (Å²) in [6.45, 7) is 4.18. The SMILES string of the molecule is Cc1cc(Cl)cc(C(=O)N[C@H](C)CN)c1.Cl. The van der Waals surface area contributed by atoms with Crippen molar-refractivity contribution in [2.45, 2.75) is 19.9 Å². The predicted octanol–water partition coefficient (Wildman–Crippen LogP) is 2.15. The molecule has 0 heterocycles. The fourth-order valence-electron chi connectivity index (χ4n) is 1.23. The number of carbonyl (C=O) groups is 1. The van der Waals surface area contributed by atoms with Crippen LogP contribution in [0.25, 0.3) is 0 Å². The lowest BCUT2D eigenvalue weighted by Gasteiger charge is -2.11. The highest BCUT2D eigenvalue weighted by atomic mass is 35.5. The topological polar surface area (TPSA) is 55.1 Å². The molecule has 0 aromatic heterocycles. The molecule has 0 saturated carbocycles. The number of hydrogen-bond acceptors (Lipinski definition) is 2. The number of aryl methyl sites for hydroxylation is 1. The quantitative estimate of drug-likeness (QED) is 0.877. The molecule has 0 fully saturated rings. The normalized spacial score (nSPS) is 11.5. The van der Waals surface area contributed by atoms with E-state index in [1.165, 1.54) is 0 Å². The van der Waals surface area contributed by atoms with E-state index in [0.29, 0.717) is 17.1 Å². The fourth-order valence-corrected chi connectivity index (χ4v) is 1.52. The molecule has 3 nitrogen and oxygen atoms in total. The zero-order valence-corrected chi connectivity index (χ0v) is 10.9. The number of carbonyl (C=O) groups excluding carboxylic acids is 1. The minimum atomic E-state index is -0.140. The molecule has 0 aliphatic carbocycles. The third kappa shape index (κ3) is 4.39. The first-order valence-electron chi connectivity index (χ1n) is 4.81. The van der Waals surface area contributed by atoms with Crippen molar-refractivity contribution in [1.82, 2.24) is 5.32 Å². The average Bonchev–Trinajstić information content (AvgIpc) is 2.16. The number of rotatable bonds is 3. The molecule has 90 valence electrons. The van der Waals surface area contributed by atoms with Gasteiger partial charge in [-0.1, -0.05) is 11.6 Å². The van der Waals surface area contributed by atoms with E-state index >= 15 is 0 Å². The summed E-state index contributed by atoms with van der Waals surface area (Å²) < 4.78 is 0. The van der Waals surface area contributed by atoms with Gasteiger partial charge in [0.1, 0.15) is 0 Å². The number of benzene rings is 1. The molecule has 0 spiro atoms. The maximum absolute atomic E-state index is 11.7. The first-order chi connectivity index (χ1) is 7.02. The van der Waals surface area contributed by atoms with E-state index in [9.17, 15) is 4.79 Å².